The van der Waals surface area contributed by atoms with E-state index in [1.807, 2.05) is 13.8 Å². The minimum absolute atomic E-state index is 0.243. The number of nitrogens with one attached hydrogen (secondary N) is 1. The molecule has 21 heavy (non-hydrogen) atoms. The summed E-state index contributed by atoms with van der Waals surface area (Å²) in [6, 6.07) is 6.31. The zero-order chi connectivity index (χ0) is 15.2. The highest BCUT2D eigenvalue weighted by Crippen LogP contribution is 2.20. The molecule has 0 amide bonds. The van der Waals surface area contributed by atoms with Crippen molar-refractivity contribution in [3.8, 4) is 11.4 Å². The summed E-state index contributed by atoms with van der Waals surface area (Å²) in [4.78, 5) is 9.16. The first kappa shape index (κ1) is 15.6. The molecular formula is C17H22FN3. The standard InChI is InChI=1S/C17H22FN3/c1-4-19-11-5-6-16-12(2)20-17(21-13(16)3)14-7-9-15(18)10-8-14/h7-10,19H,4-6,11H2,1-3H3. The van der Waals surface area contributed by atoms with Gasteiger partial charge < -0.3 is 5.32 Å². The lowest BCUT2D eigenvalue weighted by Crippen LogP contribution is -2.15. The molecule has 0 aliphatic carbocycles. The van der Waals surface area contributed by atoms with E-state index in [1.54, 1.807) is 12.1 Å². The molecule has 112 valence electrons. The highest BCUT2D eigenvalue weighted by molar-refractivity contribution is 5.55. The maximum Gasteiger partial charge on any atom is 0.159 e. The lowest BCUT2D eigenvalue weighted by Gasteiger charge is -2.11. The second-order valence-corrected chi connectivity index (χ2v) is 5.16. The molecular weight excluding hydrogens is 265 g/mol. The lowest BCUT2D eigenvalue weighted by atomic mass is 10.1. The number of halogens is 1. The second-order valence-electron chi connectivity index (χ2n) is 5.16. The third kappa shape index (κ3) is 4.08. The molecule has 0 spiro atoms. The van der Waals surface area contributed by atoms with Crippen LogP contribution in [0.4, 0.5) is 4.39 Å². The Kier molecular flexibility index (Phi) is 5.39. The molecule has 0 saturated heterocycles. The lowest BCUT2D eigenvalue weighted by molar-refractivity contribution is 0.628. The molecule has 0 radical (unpaired) electrons. The van der Waals surface area contributed by atoms with Crippen LogP contribution in [-0.2, 0) is 6.42 Å². The number of rotatable bonds is 6. The van der Waals surface area contributed by atoms with Gasteiger partial charge in [-0.1, -0.05) is 6.92 Å². The number of nitrogens with zero attached hydrogens (tertiary/aromatic N) is 2. The Morgan fingerprint density at radius 1 is 1.05 bits per heavy atom. The Balaban J connectivity index is 2.18. The van der Waals surface area contributed by atoms with Crippen molar-refractivity contribution in [1.29, 1.82) is 0 Å². The van der Waals surface area contributed by atoms with Gasteiger partial charge in [-0.3, -0.25) is 0 Å². The average molecular weight is 287 g/mol. The van der Waals surface area contributed by atoms with E-state index in [4.69, 9.17) is 0 Å². The van der Waals surface area contributed by atoms with Crippen LogP contribution < -0.4 is 5.32 Å². The van der Waals surface area contributed by atoms with Gasteiger partial charge in [-0.25, -0.2) is 14.4 Å². The van der Waals surface area contributed by atoms with E-state index in [0.717, 1.165) is 42.9 Å². The van der Waals surface area contributed by atoms with Crippen LogP contribution in [0.1, 0.15) is 30.3 Å². The summed E-state index contributed by atoms with van der Waals surface area (Å²) in [6.07, 6.45) is 2.06. The SMILES string of the molecule is CCNCCCc1c(C)nc(-c2ccc(F)cc2)nc1C. The first-order chi connectivity index (χ1) is 10.1. The Bertz CT molecular complexity index is 570. The van der Waals surface area contributed by atoms with E-state index in [-0.39, 0.29) is 5.82 Å². The van der Waals surface area contributed by atoms with Crippen molar-refractivity contribution in [1.82, 2.24) is 15.3 Å². The number of aromatic nitrogens is 2. The molecule has 0 fully saturated rings. The number of hydrogen-bond acceptors (Lipinski definition) is 3. The normalized spacial score (nSPS) is 10.9. The molecule has 0 unspecified atom stereocenters. The Morgan fingerprint density at radius 3 is 2.24 bits per heavy atom. The molecule has 2 rings (SSSR count). The van der Waals surface area contributed by atoms with E-state index >= 15 is 0 Å². The maximum atomic E-state index is 13.0. The van der Waals surface area contributed by atoms with Crippen molar-refractivity contribution >= 4 is 0 Å². The van der Waals surface area contributed by atoms with Gasteiger partial charge in [0.25, 0.3) is 0 Å². The van der Waals surface area contributed by atoms with E-state index < -0.39 is 0 Å². The molecule has 2 aromatic rings. The highest BCUT2D eigenvalue weighted by Gasteiger charge is 2.09. The van der Waals surface area contributed by atoms with Crippen LogP contribution in [0.5, 0.6) is 0 Å². The molecule has 1 aromatic carbocycles. The molecule has 1 aromatic heterocycles. The summed E-state index contributed by atoms with van der Waals surface area (Å²) in [7, 11) is 0. The molecule has 1 heterocycles. The minimum Gasteiger partial charge on any atom is -0.317 e. The summed E-state index contributed by atoms with van der Waals surface area (Å²) in [5.74, 6) is 0.424. The van der Waals surface area contributed by atoms with Crippen LogP contribution in [0.3, 0.4) is 0 Å². The quantitative estimate of drug-likeness (QED) is 0.827. The zero-order valence-corrected chi connectivity index (χ0v) is 12.9. The Morgan fingerprint density at radius 2 is 1.67 bits per heavy atom. The van der Waals surface area contributed by atoms with E-state index in [2.05, 4.69) is 22.2 Å². The summed E-state index contributed by atoms with van der Waals surface area (Å²) in [6.45, 7) is 8.15. The summed E-state index contributed by atoms with van der Waals surface area (Å²) in [5.41, 5.74) is 4.09. The molecule has 3 nitrogen and oxygen atoms in total. The predicted octanol–water partition coefficient (Wildman–Crippen LogP) is 3.44. The van der Waals surface area contributed by atoms with Crippen molar-refractivity contribution in [3.05, 3.63) is 47.0 Å². The van der Waals surface area contributed by atoms with Crippen LogP contribution in [0, 0.1) is 19.7 Å². The van der Waals surface area contributed by atoms with Gasteiger partial charge in [0, 0.05) is 17.0 Å². The average Bonchev–Trinajstić information content (AvgIpc) is 2.46. The predicted molar refractivity (Wildman–Crippen MR) is 83.8 cm³/mol. The monoisotopic (exact) mass is 287 g/mol. The minimum atomic E-state index is -0.243. The fourth-order valence-corrected chi connectivity index (χ4v) is 2.40. The largest absolute Gasteiger partial charge is 0.317 e. The number of hydrogen-bond donors (Lipinski definition) is 1. The molecule has 0 aliphatic heterocycles. The van der Waals surface area contributed by atoms with Crippen LogP contribution >= 0.6 is 0 Å². The van der Waals surface area contributed by atoms with Crippen LogP contribution in [0.2, 0.25) is 0 Å². The maximum absolute atomic E-state index is 13.0. The zero-order valence-electron chi connectivity index (χ0n) is 12.9. The first-order valence-corrected chi connectivity index (χ1v) is 7.42. The first-order valence-electron chi connectivity index (χ1n) is 7.42. The molecule has 4 heteroatoms. The Labute approximate surface area is 125 Å². The number of aryl methyl sites for hydroxylation is 2. The van der Waals surface area contributed by atoms with Crippen LogP contribution in [0.15, 0.2) is 24.3 Å². The van der Waals surface area contributed by atoms with Crippen molar-refractivity contribution in [2.75, 3.05) is 13.1 Å². The van der Waals surface area contributed by atoms with Gasteiger partial charge in [0.05, 0.1) is 0 Å². The van der Waals surface area contributed by atoms with Gasteiger partial charge in [0.15, 0.2) is 5.82 Å². The summed E-state index contributed by atoms with van der Waals surface area (Å²) >= 11 is 0. The van der Waals surface area contributed by atoms with E-state index in [1.165, 1.54) is 17.7 Å². The smallest absolute Gasteiger partial charge is 0.159 e. The van der Waals surface area contributed by atoms with Crippen LogP contribution in [0.25, 0.3) is 11.4 Å². The van der Waals surface area contributed by atoms with Gasteiger partial charge in [0.1, 0.15) is 5.82 Å². The summed E-state index contributed by atoms with van der Waals surface area (Å²) in [5, 5.41) is 3.32. The van der Waals surface area contributed by atoms with E-state index in [9.17, 15) is 4.39 Å². The molecule has 0 atom stereocenters. The second kappa shape index (κ2) is 7.27. The molecule has 0 saturated carbocycles. The fraction of sp³-hybridized carbons (Fsp3) is 0.412. The van der Waals surface area contributed by atoms with Crippen molar-refractivity contribution in [3.63, 3.8) is 0 Å². The number of benzene rings is 1. The molecule has 1 N–H and O–H groups in total. The van der Waals surface area contributed by atoms with Gasteiger partial charge in [-0.2, -0.15) is 0 Å². The van der Waals surface area contributed by atoms with E-state index in [0.29, 0.717) is 5.82 Å². The van der Waals surface area contributed by atoms with Crippen LogP contribution in [-0.4, -0.2) is 23.1 Å². The van der Waals surface area contributed by atoms with Crippen molar-refractivity contribution < 1.29 is 4.39 Å². The van der Waals surface area contributed by atoms with Crippen molar-refractivity contribution in [2.24, 2.45) is 0 Å². The third-order valence-electron chi connectivity index (χ3n) is 3.55. The van der Waals surface area contributed by atoms with Gasteiger partial charge in [0.2, 0.25) is 0 Å². The van der Waals surface area contributed by atoms with Gasteiger partial charge in [-0.05, 0) is 69.6 Å². The van der Waals surface area contributed by atoms with Crippen molar-refractivity contribution in [2.45, 2.75) is 33.6 Å². The highest BCUT2D eigenvalue weighted by atomic mass is 19.1. The topological polar surface area (TPSA) is 37.8 Å². The summed E-state index contributed by atoms with van der Waals surface area (Å²) < 4.78 is 13.0. The fourth-order valence-electron chi connectivity index (χ4n) is 2.40. The molecule has 0 bridgehead atoms. The Hall–Kier alpha value is -1.81. The van der Waals surface area contributed by atoms with Gasteiger partial charge in [-0.15, -0.1) is 0 Å². The molecule has 0 aliphatic rings. The third-order valence-corrected chi connectivity index (χ3v) is 3.55. The van der Waals surface area contributed by atoms with Gasteiger partial charge >= 0.3 is 0 Å².